The van der Waals surface area contributed by atoms with E-state index in [0.717, 1.165) is 11.3 Å². The van der Waals surface area contributed by atoms with Gasteiger partial charge >= 0.3 is 0 Å². The third-order valence-corrected chi connectivity index (χ3v) is 4.65. The summed E-state index contributed by atoms with van der Waals surface area (Å²) in [5.74, 6) is 0.790. The van der Waals surface area contributed by atoms with Gasteiger partial charge in [-0.15, -0.1) is 0 Å². The van der Waals surface area contributed by atoms with Gasteiger partial charge in [-0.2, -0.15) is 5.10 Å². The Kier molecular flexibility index (Phi) is 4.48. The summed E-state index contributed by atoms with van der Waals surface area (Å²) in [4.78, 5) is 26.3. The van der Waals surface area contributed by atoms with Gasteiger partial charge in [0, 0.05) is 25.9 Å². The standard InChI is InChI=1S/C18H22N4O3/c1-18(9-11-21(2)17(18)24)16(23)19-15-8-10-22(20-15)12-13-4-6-14(25-3)7-5-13/h4-8,10H,9,11-12H2,1-3H3,(H,19,20,23). The van der Waals surface area contributed by atoms with Gasteiger partial charge in [-0.05, 0) is 31.0 Å². The molecule has 2 aromatic rings. The molecular formula is C18H22N4O3. The zero-order chi connectivity index (χ0) is 18.0. The summed E-state index contributed by atoms with van der Waals surface area (Å²) in [6.07, 6.45) is 2.31. The average Bonchev–Trinajstić information content (AvgIpc) is 3.16. The SMILES string of the molecule is COc1ccc(Cn2ccc(NC(=O)C3(C)CCN(C)C3=O)n2)cc1. The number of ether oxygens (including phenoxy) is 1. The Bertz CT molecular complexity index is 784. The lowest BCUT2D eigenvalue weighted by molar-refractivity contribution is -0.141. The average molecular weight is 342 g/mol. The number of methoxy groups -OCH3 is 1. The number of anilines is 1. The summed E-state index contributed by atoms with van der Waals surface area (Å²) < 4.78 is 6.88. The largest absolute Gasteiger partial charge is 0.497 e. The molecule has 2 heterocycles. The lowest BCUT2D eigenvalue weighted by atomic mass is 9.88. The van der Waals surface area contributed by atoms with E-state index >= 15 is 0 Å². The summed E-state index contributed by atoms with van der Waals surface area (Å²) in [7, 11) is 3.34. The van der Waals surface area contributed by atoms with E-state index in [2.05, 4.69) is 10.4 Å². The van der Waals surface area contributed by atoms with E-state index < -0.39 is 5.41 Å². The van der Waals surface area contributed by atoms with Crippen LogP contribution >= 0.6 is 0 Å². The number of carbonyl (C=O) groups is 2. The number of nitrogens with one attached hydrogen (secondary N) is 1. The maximum Gasteiger partial charge on any atom is 0.241 e. The van der Waals surface area contributed by atoms with Crippen molar-refractivity contribution in [1.29, 1.82) is 0 Å². The number of hydrogen-bond acceptors (Lipinski definition) is 4. The van der Waals surface area contributed by atoms with Crippen LogP contribution in [-0.4, -0.2) is 47.2 Å². The molecule has 7 heteroatoms. The van der Waals surface area contributed by atoms with E-state index in [1.54, 1.807) is 42.9 Å². The molecule has 0 aliphatic carbocycles. The summed E-state index contributed by atoms with van der Waals surface area (Å²) >= 11 is 0. The first-order valence-electron chi connectivity index (χ1n) is 8.16. The molecule has 1 saturated heterocycles. The molecule has 1 N–H and O–H groups in total. The molecule has 1 unspecified atom stereocenters. The van der Waals surface area contributed by atoms with E-state index in [1.807, 2.05) is 24.3 Å². The summed E-state index contributed by atoms with van der Waals surface area (Å²) in [6, 6.07) is 9.45. The highest BCUT2D eigenvalue weighted by Gasteiger charge is 2.47. The second kappa shape index (κ2) is 6.58. The number of likely N-dealkylation sites (tertiary alicyclic amines) is 1. The molecule has 3 rings (SSSR count). The van der Waals surface area contributed by atoms with Gasteiger partial charge in [0.25, 0.3) is 0 Å². The van der Waals surface area contributed by atoms with Crippen molar-refractivity contribution in [2.24, 2.45) is 5.41 Å². The number of nitrogens with zero attached hydrogens (tertiary/aromatic N) is 3. The highest BCUT2D eigenvalue weighted by atomic mass is 16.5. The summed E-state index contributed by atoms with van der Waals surface area (Å²) in [5.41, 5.74) is 0.0513. The Morgan fingerprint density at radius 2 is 2.04 bits per heavy atom. The van der Waals surface area contributed by atoms with Crippen LogP contribution in [0.4, 0.5) is 5.82 Å². The van der Waals surface area contributed by atoms with Crippen LogP contribution in [-0.2, 0) is 16.1 Å². The molecular weight excluding hydrogens is 320 g/mol. The van der Waals surface area contributed by atoms with Crippen molar-refractivity contribution in [1.82, 2.24) is 14.7 Å². The lowest BCUT2D eigenvalue weighted by Gasteiger charge is -2.20. The second-order valence-corrected chi connectivity index (χ2v) is 6.51. The highest BCUT2D eigenvalue weighted by Crippen LogP contribution is 2.31. The number of benzene rings is 1. The van der Waals surface area contributed by atoms with Crippen molar-refractivity contribution >= 4 is 17.6 Å². The second-order valence-electron chi connectivity index (χ2n) is 6.51. The van der Waals surface area contributed by atoms with Crippen LogP contribution in [0.5, 0.6) is 5.75 Å². The molecule has 1 fully saturated rings. The Balaban J connectivity index is 1.65. The lowest BCUT2D eigenvalue weighted by Crippen LogP contribution is -2.40. The van der Waals surface area contributed by atoms with Gasteiger partial charge in [-0.3, -0.25) is 14.3 Å². The molecule has 7 nitrogen and oxygen atoms in total. The molecule has 0 spiro atoms. The predicted octanol–water partition coefficient (Wildman–Crippen LogP) is 1.75. The van der Waals surface area contributed by atoms with Crippen molar-refractivity contribution < 1.29 is 14.3 Å². The quantitative estimate of drug-likeness (QED) is 0.840. The molecule has 1 aliphatic heterocycles. The maximum atomic E-state index is 12.5. The van der Waals surface area contributed by atoms with Gasteiger partial charge in [0.15, 0.2) is 5.82 Å². The molecule has 1 atom stereocenters. The minimum absolute atomic E-state index is 0.150. The Labute approximate surface area is 146 Å². The molecule has 2 amide bonds. The van der Waals surface area contributed by atoms with E-state index in [4.69, 9.17) is 4.74 Å². The van der Waals surface area contributed by atoms with Crippen LogP contribution in [0.1, 0.15) is 18.9 Å². The number of aromatic nitrogens is 2. The fraction of sp³-hybridized carbons (Fsp3) is 0.389. The summed E-state index contributed by atoms with van der Waals surface area (Å²) in [6.45, 7) is 2.86. The third-order valence-electron chi connectivity index (χ3n) is 4.65. The van der Waals surface area contributed by atoms with E-state index in [0.29, 0.717) is 25.3 Å². The molecule has 1 aromatic heterocycles. The Hall–Kier alpha value is -2.83. The number of hydrogen-bond donors (Lipinski definition) is 1. The Morgan fingerprint density at radius 3 is 2.64 bits per heavy atom. The van der Waals surface area contributed by atoms with E-state index in [1.165, 1.54) is 0 Å². The fourth-order valence-corrected chi connectivity index (χ4v) is 2.92. The van der Waals surface area contributed by atoms with E-state index in [9.17, 15) is 9.59 Å². The smallest absolute Gasteiger partial charge is 0.241 e. The van der Waals surface area contributed by atoms with Crippen molar-refractivity contribution in [2.45, 2.75) is 19.9 Å². The van der Waals surface area contributed by atoms with Gasteiger partial charge < -0.3 is 15.0 Å². The Morgan fingerprint density at radius 1 is 1.32 bits per heavy atom. The maximum absolute atomic E-state index is 12.5. The minimum Gasteiger partial charge on any atom is -0.497 e. The van der Waals surface area contributed by atoms with Gasteiger partial charge in [0.2, 0.25) is 11.8 Å². The molecule has 25 heavy (non-hydrogen) atoms. The van der Waals surface area contributed by atoms with Gasteiger partial charge in [-0.1, -0.05) is 12.1 Å². The van der Waals surface area contributed by atoms with Gasteiger partial charge in [0.1, 0.15) is 11.2 Å². The van der Waals surface area contributed by atoms with Crippen LogP contribution in [0.3, 0.4) is 0 Å². The van der Waals surface area contributed by atoms with Crippen molar-refractivity contribution in [2.75, 3.05) is 26.0 Å². The first-order valence-corrected chi connectivity index (χ1v) is 8.16. The summed E-state index contributed by atoms with van der Waals surface area (Å²) in [5, 5.41) is 7.12. The predicted molar refractivity (Wildman–Crippen MR) is 93.3 cm³/mol. The zero-order valence-electron chi connectivity index (χ0n) is 14.7. The highest BCUT2D eigenvalue weighted by molar-refractivity contribution is 6.10. The third kappa shape index (κ3) is 3.35. The fourth-order valence-electron chi connectivity index (χ4n) is 2.92. The molecule has 0 saturated carbocycles. The van der Waals surface area contributed by atoms with E-state index in [-0.39, 0.29) is 11.8 Å². The molecule has 0 radical (unpaired) electrons. The van der Waals surface area contributed by atoms with Crippen LogP contribution in [0.2, 0.25) is 0 Å². The topological polar surface area (TPSA) is 76.5 Å². The minimum atomic E-state index is -1.02. The first-order chi connectivity index (χ1) is 11.9. The first kappa shape index (κ1) is 17.0. The van der Waals surface area contributed by atoms with Gasteiger partial charge in [-0.25, -0.2) is 0 Å². The van der Waals surface area contributed by atoms with Crippen molar-refractivity contribution in [3.8, 4) is 5.75 Å². The van der Waals surface area contributed by atoms with Gasteiger partial charge in [0.05, 0.1) is 13.7 Å². The number of rotatable bonds is 5. The van der Waals surface area contributed by atoms with Crippen LogP contribution in [0.25, 0.3) is 0 Å². The normalized spacial score (nSPS) is 20.0. The number of carbonyl (C=O) groups excluding carboxylic acids is 2. The monoisotopic (exact) mass is 342 g/mol. The van der Waals surface area contributed by atoms with Crippen LogP contribution in [0, 0.1) is 5.41 Å². The zero-order valence-corrected chi connectivity index (χ0v) is 14.7. The molecule has 132 valence electrons. The number of amides is 2. The molecule has 0 bridgehead atoms. The molecule has 1 aromatic carbocycles. The van der Waals surface area contributed by atoms with Crippen molar-refractivity contribution in [3.63, 3.8) is 0 Å². The molecule has 1 aliphatic rings. The van der Waals surface area contributed by atoms with Crippen LogP contribution in [0.15, 0.2) is 36.5 Å². The van der Waals surface area contributed by atoms with Crippen LogP contribution < -0.4 is 10.1 Å². The van der Waals surface area contributed by atoms with Crippen molar-refractivity contribution in [3.05, 3.63) is 42.1 Å².